The molecule has 0 radical (unpaired) electrons. The molecule has 2 atom stereocenters. The number of hydrogen-bond acceptors (Lipinski definition) is 7. The number of aromatic nitrogens is 5. The molecular weight excluding hydrogens is 452 g/mol. The van der Waals surface area contributed by atoms with Crippen LogP contribution in [-0.2, 0) is 7.05 Å². The molecule has 1 aliphatic carbocycles. The molecule has 36 heavy (non-hydrogen) atoms. The summed E-state index contributed by atoms with van der Waals surface area (Å²) in [6.45, 7) is 3.69. The quantitative estimate of drug-likeness (QED) is 0.477. The van der Waals surface area contributed by atoms with Crippen molar-refractivity contribution in [2.45, 2.75) is 37.8 Å². The molecule has 0 unspecified atom stereocenters. The minimum atomic E-state index is -0.191. The summed E-state index contributed by atoms with van der Waals surface area (Å²) < 4.78 is 3.54. The Morgan fingerprint density at radius 3 is 2.47 bits per heavy atom. The first-order valence-electron chi connectivity index (χ1n) is 12.6. The van der Waals surface area contributed by atoms with Gasteiger partial charge in [0, 0.05) is 80.1 Å². The number of hydrogen-bond donors (Lipinski definition) is 1. The van der Waals surface area contributed by atoms with Crippen LogP contribution in [-0.4, -0.2) is 72.7 Å². The van der Waals surface area contributed by atoms with E-state index in [0.29, 0.717) is 11.6 Å². The second-order valence-electron chi connectivity index (χ2n) is 9.86. The standard InChI is InChI=1S/C27H30N8O/c1-32-17-22(16-30-32)20-12-23(27-21(13-28)15-31-35(27)18-20)19-6-7-26(29-14-19)34-10-8-33(9-11-34)24-4-2-3-5-25(24)36/h6-7,12,14-18,24-25,36H,2-5,8-11H2,1H3/t24-,25-/m1/s1. The molecule has 0 aromatic carbocycles. The van der Waals surface area contributed by atoms with Gasteiger partial charge in [-0.25, -0.2) is 9.50 Å². The molecule has 4 aromatic heterocycles. The molecule has 2 aliphatic rings. The van der Waals surface area contributed by atoms with Gasteiger partial charge in [0.15, 0.2) is 0 Å². The lowest BCUT2D eigenvalue weighted by Crippen LogP contribution is -2.54. The fourth-order valence-corrected chi connectivity index (χ4v) is 5.68. The smallest absolute Gasteiger partial charge is 0.128 e. The van der Waals surface area contributed by atoms with Gasteiger partial charge in [-0.2, -0.15) is 15.5 Å². The van der Waals surface area contributed by atoms with Gasteiger partial charge in [-0.3, -0.25) is 9.58 Å². The van der Waals surface area contributed by atoms with Gasteiger partial charge < -0.3 is 10.0 Å². The number of pyridine rings is 2. The van der Waals surface area contributed by atoms with Crippen LogP contribution in [0.5, 0.6) is 0 Å². The number of aryl methyl sites for hydroxylation is 1. The van der Waals surface area contributed by atoms with Crippen molar-refractivity contribution in [2.24, 2.45) is 7.05 Å². The second-order valence-corrected chi connectivity index (χ2v) is 9.86. The molecule has 5 heterocycles. The van der Waals surface area contributed by atoms with E-state index >= 15 is 0 Å². The minimum absolute atomic E-state index is 0.191. The molecule has 4 aromatic rings. The molecule has 1 aliphatic heterocycles. The molecule has 9 heteroatoms. The summed E-state index contributed by atoms with van der Waals surface area (Å²) in [6.07, 6.45) is 13.4. The number of fused-ring (bicyclic) bond motifs is 1. The number of rotatable bonds is 4. The first-order valence-corrected chi connectivity index (χ1v) is 12.6. The number of piperazine rings is 1. The molecule has 0 amide bonds. The van der Waals surface area contributed by atoms with E-state index in [1.54, 1.807) is 15.4 Å². The highest BCUT2D eigenvalue weighted by Crippen LogP contribution is 2.32. The van der Waals surface area contributed by atoms with E-state index in [0.717, 1.165) is 79.0 Å². The lowest BCUT2D eigenvalue weighted by molar-refractivity contribution is 0.0172. The molecule has 0 bridgehead atoms. The summed E-state index contributed by atoms with van der Waals surface area (Å²) in [5, 5.41) is 28.8. The van der Waals surface area contributed by atoms with Crippen molar-refractivity contribution in [3.8, 4) is 28.3 Å². The van der Waals surface area contributed by atoms with Gasteiger partial charge in [0.05, 0.1) is 29.6 Å². The Bertz CT molecular complexity index is 1410. The van der Waals surface area contributed by atoms with E-state index in [9.17, 15) is 10.4 Å². The van der Waals surface area contributed by atoms with Crippen molar-refractivity contribution < 1.29 is 5.11 Å². The van der Waals surface area contributed by atoms with Gasteiger partial charge in [0.2, 0.25) is 0 Å². The predicted octanol–water partition coefficient (Wildman–Crippen LogP) is 3.09. The molecule has 9 nitrogen and oxygen atoms in total. The van der Waals surface area contributed by atoms with E-state index < -0.39 is 0 Å². The monoisotopic (exact) mass is 482 g/mol. The normalized spacial score (nSPS) is 21.1. The van der Waals surface area contributed by atoms with Crippen LogP contribution in [0.2, 0.25) is 0 Å². The summed E-state index contributed by atoms with van der Waals surface area (Å²) in [7, 11) is 1.89. The first-order chi connectivity index (χ1) is 17.6. The maximum Gasteiger partial charge on any atom is 0.128 e. The second kappa shape index (κ2) is 9.37. The van der Waals surface area contributed by atoms with Crippen LogP contribution >= 0.6 is 0 Å². The van der Waals surface area contributed by atoms with E-state index in [2.05, 4.69) is 44.3 Å². The zero-order valence-corrected chi connectivity index (χ0v) is 20.5. The maximum absolute atomic E-state index is 10.4. The molecular formula is C27H30N8O. The highest BCUT2D eigenvalue weighted by atomic mass is 16.3. The van der Waals surface area contributed by atoms with E-state index in [-0.39, 0.29) is 6.10 Å². The summed E-state index contributed by atoms with van der Waals surface area (Å²) in [6, 6.07) is 8.80. The largest absolute Gasteiger partial charge is 0.391 e. The molecule has 1 N–H and O–H groups in total. The predicted molar refractivity (Wildman–Crippen MR) is 137 cm³/mol. The van der Waals surface area contributed by atoms with Crippen LogP contribution in [0.3, 0.4) is 0 Å². The van der Waals surface area contributed by atoms with Crippen molar-refractivity contribution in [1.82, 2.24) is 29.3 Å². The summed E-state index contributed by atoms with van der Waals surface area (Å²) in [4.78, 5) is 9.59. The first kappa shape index (κ1) is 22.7. The van der Waals surface area contributed by atoms with Gasteiger partial charge in [-0.1, -0.05) is 12.8 Å². The van der Waals surface area contributed by atoms with E-state index in [1.165, 1.54) is 6.42 Å². The van der Waals surface area contributed by atoms with E-state index in [4.69, 9.17) is 4.98 Å². The highest BCUT2D eigenvalue weighted by molar-refractivity contribution is 5.87. The van der Waals surface area contributed by atoms with Crippen LogP contribution < -0.4 is 4.90 Å². The number of nitriles is 1. The zero-order valence-electron chi connectivity index (χ0n) is 20.5. The van der Waals surface area contributed by atoms with Crippen molar-refractivity contribution in [2.75, 3.05) is 31.1 Å². The van der Waals surface area contributed by atoms with Crippen molar-refractivity contribution >= 4 is 11.3 Å². The third-order valence-corrected chi connectivity index (χ3v) is 7.63. The van der Waals surface area contributed by atoms with Crippen LogP contribution in [0.25, 0.3) is 27.8 Å². The average molecular weight is 483 g/mol. The Labute approximate surface area is 210 Å². The third kappa shape index (κ3) is 4.12. The molecule has 1 saturated heterocycles. The molecule has 6 rings (SSSR count). The summed E-state index contributed by atoms with van der Waals surface area (Å²) in [5.41, 5.74) is 5.13. The van der Waals surface area contributed by atoms with E-state index in [1.807, 2.05) is 31.8 Å². The highest BCUT2D eigenvalue weighted by Gasteiger charge is 2.31. The molecule has 0 spiro atoms. The van der Waals surface area contributed by atoms with Gasteiger partial charge in [-0.15, -0.1) is 0 Å². The van der Waals surface area contributed by atoms with Gasteiger partial charge >= 0.3 is 0 Å². The lowest BCUT2D eigenvalue weighted by Gasteiger charge is -2.43. The van der Waals surface area contributed by atoms with Gasteiger partial charge in [-0.05, 0) is 31.0 Å². The maximum atomic E-state index is 10.4. The molecule has 1 saturated carbocycles. The third-order valence-electron chi connectivity index (χ3n) is 7.63. The average Bonchev–Trinajstić information content (AvgIpc) is 3.55. The fourth-order valence-electron chi connectivity index (χ4n) is 5.68. The Morgan fingerprint density at radius 1 is 0.944 bits per heavy atom. The fraction of sp³-hybridized carbons (Fsp3) is 0.407. The Morgan fingerprint density at radius 2 is 1.78 bits per heavy atom. The summed E-state index contributed by atoms with van der Waals surface area (Å²) in [5.74, 6) is 0.955. The minimum Gasteiger partial charge on any atom is -0.391 e. The topological polar surface area (TPSA) is 98.5 Å². The van der Waals surface area contributed by atoms with Crippen LogP contribution in [0.4, 0.5) is 5.82 Å². The Balaban J connectivity index is 1.26. The SMILES string of the molecule is Cn1cc(-c2cc(-c3ccc(N4CCN([C@@H]5CCCC[C@H]5O)CC4)nc3)c3c(C#N)cnn3c2)cn1. The van der Waals surface area contributed by atoms with Gasteiger partial charge in [0.25, 0.3) is 0 Å². The van der Waals surface area contributed by atoms with Crippen LogP contribution in [0.1, 0.15) is 31.2 Å². The zero-order chi connectivity index (χ0) is 24.6. The number of anilines is 1. The molecule has 2 fully saturated rings. The number of aliphatic hydroxyl groups is 1. The Kier molecular flexibility index (Phi) is 5.91. The number of aliphatic hydroxyl groups excluding tert-OH is 1. The van der Waals surface area contributed by atoms with Crippen molar-refractivity contribution in [3.63, 3.8) is 0 Å². The van der Waals surface area contributed by atoms with Crippen molar-refractivity contribution in [1.29, 1.82) is 5.26 Å². The van der Waals surface area contributed by atoms with Gasteiger partial charge in [0.1, 0.15) is 11.9 Å². The lowest BCUT2D eigenvalue weighted by atomic mass is 9.91. The Hall–Kier alpha value is -3.74. The number of nitrogens with zero attached hydrogens (tertiary/aromatic N) is 8. The van der Waals surface area contributed by atoms with Crippen molar-refractivity contribution in [3.05, 3.63) is 54.7 Å². The molecule has 184 valence electrons. The van der Waals surface area contributed by atoms with Crippen LogP contribution in [0, 0.1) is 11.3 Å². The van der Waals surface area contributed by atoms with Crippen LogP contribution in [0.15, 0.2) is 49.2 Å². The summed E-state index contributed by atoms with van der Waals surface area (Å²) >= 11 is 0.